The zero-order chi connectivity index (χ0) is 12.3. The molecule has 0 bridgehead atoms. The molecule has 2 rings (SSSR count). The maximum absolute atomic E-state index is 12.6. The quantitative estimate of drug-likeness (QED) is 0.833. The number of nitrogens with one attached hydrogen (secondary N) is 1. The summed E-state index contributed by atoms with van der Waals surface area (Å²) in [4.78, 5) is 14.6. The van der Waals surface area contributed by atoms with Gasteiger partial charge in [0.2, 0.25) is 5.91 Å². The highest BCUT2D eigenvalue weighted by molar-refractivity contribution is 8.01. The number of carbonyl (C=O) groups is 1. The maximum atomic E-state index is 12.6. The summed E-state index contributed by atoms with van der Waals surface area (Å²) in [5, 5.41) is 3.48. The number of amides is 1. The van der Waals surface area contributed by atoms with Gasteiger partial charge < -0.3 is 10.2 Å². The fourth-order valence-electron chi connectivity index (χ4n) is 2.82. The molecule has 0 aromatic heterocycles. The largest absolute Gasteiger partial charge is 0.340 e. The van der Waals surface area contributed by atoms with Crippen molar-refractivity contribution in [3.05, 3.63) is 0 Å². The van der Waals surface area contributed by atoms with E-state index in [0.29, 0.717) is 11.9 Å². The molecular formula is C13H24N2OS. The summed E-state index contributed by atoms with van der Waals surface area (Å²) in [6.07, 6.45) is 4.70. The minimum atomic E-state index is -0.144. The lowest BCUT2D eigenvalue weighted by atomic mass is 10.0. The summed E-state index contributed by atoms with van der Waals surface area (Å²) in [7, 11) is 0. The van der Waals surface area contributed by atoms with Gasteiger partial charge in [-0.05, 0) is 51.8 Å². The van der Waals surface area contributed by atoms with Gasteiger partial charge in [-0.2, -0.15) is 0 Å². The number of rotatable bonds is 4. The summed E-state index contributed by atoms with van der Waals surface area (Å²) in [6, 6.07) is 0.522. The smallest absolute Gasteiger partial charge is 0.238 e. The predicted octanol–water partition coefficient (Wildman–Crippen LogP) is 1.87. The Hall–Kier alpha value is -0.220. The highest BCUT2D eigenvalue weighted by Crippen LogP contribution is 2.39. The van der Waals surface area contributed by atoms with Crippen LogP contribution in [0.15, 0.2) is 0 Å². The van der Waals surface area contributed by atoms with Gasteiger partial charge in [0, 0.05) is 19.1 Å². The lowest BCUT2D eigenvalue weighted by Gasteiger charge is -2.32. The number of likely N-dealkylation sites (N-methyl/N-ethyl adjacent to an activating group) is 1. The van der Waals surface area contributed by atoms with Crippen LogP contribution in [0.4, 0.5) is 0 Å². The summed E-state index contributed by atoms with van der Waals surface area (Å²) in [5.41, 5.74) is 0. The van der Waals surface area contributed by atoms with Crippen molar-refractivity contribution >= 4 is 17.7 Å². The molecule has 98 valence electrons. The number of hydrogen-bond acceptors (Lipinski definition) is 3. The van der Waals surface area contributed by atoms with E-state index in [4.69, 9.17) is 0 Å². The van der Waals surface area contributed by atoms with Crippen LogP contribution in [-0.4, -0.2) is 47.0 Å². The van der Waals surface area contributed by atoms with E-state index in [9.17, 15) is 4.79 Å². The van der Waals surface area contributed by atoms with Crippen molar-refractivity contribution in [1.82, 2.24) is 10.2 Å². The first-order valence-electron chi connectivity index (χ1n) is 6.82. The molecule has 2 unspecified atom stereocenters. The Labute approximate surface area is 109 Å². The van der Waals surface area contributed by atoms with E-state index >= 15 is 0 Å². The third-order valence-corrected chi connectivity index (χ3v) is 5.45. The Balaban J connectivity index is 1.94. The van der Waals surface area contributed by atoms with Gasteiger partial charge >= 0.3 is 0 Å². The maximum Gasteiger partial charge on any atom is 0.238 e. The summed E-state index contributed by atoms with van der Waals surface area (Å²) >= 11 is 1.84. The first-order valence-corrected chi connectivity index (χ1v) is 7.81. The molecule has 3 nitrogen and oxygen atoms in total. The van der Waals surface area contributed by atoms with E-state index in [1.165, 1.54) is 19.3 Å². The summed E-state index contributed by atoms with van der Waals surface area (Å²) in [5.74, 6) is 1.50. The van der Waals surface area contributed by atoms with E-state index < -0.39 is 0 Å². The Bertz CT molecular complexity index is 271. The third kappa shape index (κ3) is 2.97. The molecule has 2 heterocycles. The van der Waals surface area contributed by atoms with Gasteiger partial charge in [-0.3, -0.25) is 4.79 Å². The Morgan fingerprint density at radius 2 is 2.35 bits per heavy atom. The second kappa shape index (κ2) is 5.61. The van der Waals surface area contributed by atoms with Crippen molar-refractivity contribution in [2.45, 2.75) is 50.3 Å². The second-order valence-corrected chi connectivity index (χ2v) is 6.92. The van der Waals surface area contributed by atoms with Crippen LogP contribution in [0.1, 0.15) is 39.5 Å². The monoisotopic (exact) mass is 256 g/mol. The van der Waals surface area contributed by atoms with Gasteiger partial charge in [0.1, 0.15) is 0 Å². The van der Waals surface area contributed by atoms with Crippen LogP contribution in [0.3, 0.4) is 0 Å². The SMILES string of the molecule is CCN(CC1CCCN1)C(=O)C1(C)CCCS1. The molecule has 2 aliphatic rings. The van der Waals surface area contributed by atoms with Gasteiger partial charge in [-0.1, -0.05) is 0 Å². The zero-order valence-electron chi connectivity index (χ0n) is 11.0. The summed E-state index contributed by atoms with van der Waals surface area (Å²) < 4.78 is -0.144. The minimum absolute atomic E-state index is 0.144. The molecule has 4 heteroatoms. The van der Waals surface area contributed by atoms with Crippen LogP contribution < -0.4 is 5.32 Å². The molecule has 0 spiro atoms. The molecule has 1 amide bonds. The molecule has 2 fully saturated rings. The number of thioether (sulfide) groups is 1. The van der Waals surface area contributed by atoms with E-state index in [1.54, 1.807) is 0 Å². The fourth-order valence-corrected chi connectivity index (χ4v) is 4.10. The Morgan fingerprint density at radius 3 is 2.88 bits per heavy atom. The van der Waals surface area contributed by atoms with Crippen molar-refractivity contribution in [1.29, 1.82) is 0 Å². The first-order chi connectivity index (χ1) is 8.15. The van der Waals surface area contributed by atoms with Crippen LogP contribution in [0, 0.1) is 0 Å². The third-order valence-electron chi connectivity index (χ3n) is 3.94. The molecule has 0 radical (unpaired) electrons. The lowest BCUT2D eigenvalue weighted by molar-refractivity contribution is -0.133. The molecule has 0 aromatic carbocycles. The van der Waals surface area contributed by atoms with Crippen LogP contribution in [0.25, 0.3) is 0 Å². The van der Waals surface area contributed by atoms with E-state index in [2.05, 4.69) is 24.1 Å². The fraction of sp³-hybridized carbons (Fsp3) is 0.923. The highest BCUT2D eigenvalue weighted by Gasteiger charge is 2.40. The zero-order valence-corrected chi connectivity index (χ0v) is 11.8. The number of nitrogens with zero attached hydrogens (tertiary/aromatic N) is 1. The molecule has 0 saturated carbocycles. The second-order valence-electron chi connectivity index (χ2n) is 5.32. The molecule has 0 aromatic rings. The van der Waals surface area contributed by atoms with E-state index in [0.717, 1.165) is 31.8 Å². The van der Waals surface area contributed by atoms with Gasteiger partial charge in [0.25, 0.3) is 0 Å². The van der Waals surface area contributed by atoms with Gasteiger partial charge in [0.15, 0.2) is 0 Å². The van der Waals surface area contributed by atoms with Crippen molar-refractivity contribution in [2.75, 3.05) is 25.4 Å². The molecule has 2 saturated heterocycles. The van der Waals surface area contributed by atoms with E-state index in [-0.39, 0.29) is 4.75 Å². The lowest BCUT2D eigenvalue weighted by Crippen LogP contribution is -2.48. The van der Waals surface area contributed by atoms with Crippen LogP contribution in [0.5, 0.6) is 0 Å². The van der Waals surface area contributed by atoms with E-state index in [1.807, 2.05) is 11.8 Å². The summed E-state index contributed by atoms with van der Waals surface area (Å²) in [6.45, 7) is 7.06. The van der Waals surface area contributed by atoms with Crippen molar-refractivity contribution in [3.8, 4) is 0 Å². The van der Waals surface area contributed by atoms with Crippen molar-refractivity contribution < 1.29 is 4.79 Å². The molecular weight excluding hydrogens is 232 g/mol. The average Bonchev–Trinajstić information content (AvgIpc) is 2.97. The normalized spacial score (nSPS) is 32.9. The molecule has 1 N–H and O–H groups in total. The first kappa shape index (κ1) is 13.2. The Morgan fingerprint density at radius 1 is 1.53 bits per heavy atom. The van der Waals surface area contributed by atoms with Crippen molar-refractivity contribution in [2.24, 2.45) is 0 Å². The number of carbonyl (C=O) groups excluding carboxylic acids is 1. The van der Waals surface area contributed by atoms with Crippen molar-refractivity contribution in [3.63, 3.8) is 0 Å². The van der Waals surface area contributed by atoms with Crippen LogP contribution in [0.2, 0.25) is 0 Å². The topological polar surface area (TPSA) is 32.3 Å². The minimum Gasteiger partial charge on any atom is -0.340 e. The molecule has 0 aliphatic carbocycles. The number of hydrogen-bond donors (Lipinski definition) is 1. The molecule has 17 heavy (non-hydrogen) atoms. The molecule has 2 atom stereocenters. The van der Waals surface area contributed by atoms with Gasteiger partial charge in [-0.15, -0.1) is 11.8 Å². The van der Waals surface area contributed by atoms with Gasteiger partial charge in [-0.25, -0.2) is 0 Å². The Kier molecular flexibility index (Phi) is 4.36. The predicted molar refractivity (Wildman–Crippen MR) is 73.4 cm³/mol. The van der Waals surface area contributed by atoms with Gasteiger partial charge in [0.05, 0.1) is 4.75 Å². The highest BCUT2D eigenvalue weighted by atomic mass is 32.2. The molecule has 2 aliphatic heterocycles. The van der Waals surface area contributed by atoms with Crippen LogP contribution in [-0.2, 0) is 4.79 Å². The standard InChI is InChI=1S/C13H24N2OS/c1-3-15(10-11-6-4-8-14-11)12(16)13(2)7-5-9-17-13/h11,14H,3-10H2,1-2H3. The van der Waals surface area contributed by atoms with Crippen LogP contribution >= 0.6 is 11.8 Å². The average molecular weight is 256 g/mol.